The third-order valence-corrected chi connectivity index (χ3v) is 3.76. The summed E-state index contributed by atoms with van der Waals surface area (Å²) in [5.74, 6) is 0. The summed E-state index contributed by atoms with van der Waals surface area (Å²) in [6.07, 6.45) is -4.75. The largest absolute Gasteiger partial charge is 0.402 e. The van der Waals surface area contributed by atoms with Crippen LogP contribution in [-0.2, 0) is 10.0 Å². The summed E-state index contributed by atoms with van der Waals surface area (Å²) in [6.45, 7) is -1.80. The van der Waals surface area contributed by atoms with Gasteiger partial charge in [0.05, 0.1) is 9.95 Å². The average molecular weight is 319 g/mol. The van der Waals surface area contributed by atoms with Crippen molar-refractivity contribution in [3.63, 3.8) is 0 Å². The number of nitro groups is 1. The Morgan fingerprint density at radius 1 is 1.37 bits per heavy atom. The molecule has 0 aliphatic carbocycles. The number of nitrogens with one attached hydrogen (secondary N) is 1. The van der Waals surface area contributed by atoms with Gasteiger partial charge in [0.15, 0.2) is 0 Å². The molecule has 0 unspecified atom stereocenters. The van der Waals surface area contributed by atoms with E-state index >= 15 is 0 Å². The number of benzene rings is 1. The summed E-state index contributed by atoms with van der Waals surface area (Å²) < 4.78 is 60.2. The van der Waals surface area contributed by atoms with Crippen LogP contribution in [0.1, 0.15) is 0 Å². The Kier molecular flexibility index (Phi) is 4.38. The number of halogens is 4. The van der Waals surface area contributed by atoms with Crippen molar-refractivity contribution in [1.82, 2.24) is 4.72 Å². The summed E-state index contributed by atoms with van der Waals surface area (Å²) in [4.78, 5) is 8.80. The highest BCUT2D eigenvalue weighted by Crippen LogP contribution is 2.26. The molecule has 11 heteroatoms. The predicted octanol–water partition coefficient (Wildman–Crippen LogP) is 2.09. The van der Waals surface area contributed by atoms with E-state index in [1.54, 1.807) is 0 Å². The Morgan fingerprint density at radius 3 is 2.42 bits per heavy atom. The SMILES string of the molecule is O=[N+]([O-])c1ccc(Cl)c(S(=O)(=O)NCC(F)(F)F)c1. The van der Waals surface area contributed by atoms with Crippen LogP contribution >= 0.6 is 11.6 Å². The van der Waals surface area contributed by atoms with Gasteiger partial charge in [-0.2, -0.15) is 13.2 Å². The third-order valence-electron chi connectivity index (χ3n) is 1.88. The fourth-order valence-corrected chi connectivity index (χ4v) is 2.60. The molecular formula is C8H6ClF3N2O4S. The minimum atomic E-state index is -4.75. The Morgan fingerprint density at radius 2 is 1.95 bits per heavy atom. The van der Waals surface area contributed by atoms with Crippen molar-refractivity contribution in [2.75, 3.05) is 6.54 Å². The molecule has 0 spiro atoms. The molecule has 0 bridgehead atoms. The number of hydrogen-bond acceptors (Lipinski definition) is 4. The Hall–Kier alpha value is -1.39. The zero-order valence-corrected chi connectivity index (χ0v) is 10.5. The molecule has 0 saturated carbocycles. The normalized spacial score (nSPS) is 12.4. The van der Waals surface area contributed by atoms with Crippen LogP contribution in [0.4, 0.5) is 18.9 Å². The molecule has 0 aliphatic heterocycles. The van der Waals surface area contributed by atoms with Gasteiger partial charge in [0.25, 0.3) is 5.69 Å². The molecule has 0 atom stereocenters. The number of nitro benzene ring substituents is 1. The topological polar surface area (TPSA) is 89.3 Å². The first-order valence-electron chi connectivity index (χ1n) is 4.53. The molecule has 106 valence electrons. The zero-order chi connectivity index (χ0) is 14.8. The minimum Gasteiger partial charge on any atom is -0.258 e. The van der Waals surface area contributed by atoms with E-state index < -0.39 is 43.3 Å². The van der Waals surface area contributed by atoms with Crippen molar-refractivity contribution in [1.29, 1.82) is 0 Å². The Balaban J connectivity index is 3.14. The van der Waals surface area contributed by atoms with Crippen molar-refractivity contribution in [3.05, 3.63) is 33.3 Å². The van der Waals surface area contributed by atoms with Crippen LogP contribution in [0.3, 0.4) is 0 Å². The highest BCUT2D eigenvalue weighted by Gasteiger charge is 2.31. The van der Waals surface area contributed by atoms with E-state index in [0.717, 1.165) is 12.1 Å². The van der Waals surface area contributed by atoms with Crippen molar-refractivity contribution in [2.24, 2.45) is 0 Å². The molecule has 1 aromatic carbocycles. The molecule has 1 N–H and O–H groups in total. The first kappa shape index (κ1) is 15.7. The number of alkyl halides is 3. The summed E-state index contributed by atoms with van der Waals surface area (Å²) in [6, 6.07) is 2.44. The molecule has 0 amide bonds. The van der Waals surface area contributed by atoms with Gasteiger partial charge in [0.1, 0.15) is 11.4 Å². The smallest absolute Gasteiger partial charge is 0.258 e. The molecule has 0 heterocycles. The lowest BCUT2D eigenvalue weighted by Crippen LogP contribution is -2.33. The average Bonchev–Trinajstić information content (AvgIpc) is 2.25. The summed E-state index contributed by atoms with van der Waals surface area (Å²) in [5.41, 5.74) is -0.600. The van der Waals surface area contributed by atoms with Gasteiger partial charge in [0, 0.05) is 12.1 Å². The van der Waals surface area contributed by atoms with Crippen molar-refractivity contribution in [3.8, 4) is 0 Å². The third kappa shape index (κ3) is 4.33. The molecule has 0 aliphatic rings. The molecular weight excluding hydrogens is 313 g/mol. The van der Waals surface area contributed by atoms with Crippen LogP contribution in [0.5, 0.6) is 0 Å². The van der Waals surface area contributed by atoms with Gasteiger partial charge in [-0.25, -0.2) is 13.1 Å². The second kappa shape index (κ2) is 5.31. The monoisotopic (exact) mass is 318 g/mol. The number of sulfonamides is 1. The molecule has 1 rings (SSSR count). The summed E-state index contributed by atoms with van der Waals surface area (Å²) >= 11 is 5.51. The van der Waals surface area contributed by atoms with Crippen LogP contribution in [0.15, 0.2) is 23.1 Å². The quantitative estimate of drug-likeness (QED) is 0.680. The van der Waals surface area contributed by atoms with Crippen LogP contribution in [0.2, 0.25) is 5.02 Å². The molecule has 6 nitrogen and oxygen atoms in total. The maximum atomic E-state index is 11.9. The van der Waals surface area contributed by atoms with E-state index in [1.165, 1.54) is 4.72 Å². The fourth-order valence-electron chi connectivity index (χ4n) is 1.07. The molecule has 1 aromatic rings. The summed E-state index contributed by atoms with van der Waals surface area (Å²) in [5, 5.41) is 10.1. The second-order valence-electron chi connectivity index (χ2n) is 3.31. The van der Waals surface area contributed by atoms with Gasteiger partial charge >= 0.3 is 6.18 Å². The molecule has 19 heavy (non-hydrogen) atoms. The van der Waals surface area contributed by atoms with Crippen molar-refractivity contribution in [2.45, 2.75) is 11.1 Å². The summed E-state index contributed by atoms with van der Waals surface area (Å²) in [7, 11) is -4.59. The number of rotatable bonds is 4. The van der Waals surface area contributed by atoms with Crippen LogP contribution < -0.4 is 4.72 Å². The number of nitrogens with zero attached hydrogens (tertiary/aromatic N) is 1. The predicted molar refractivity (Wildman–Crippen MR) is 59.3 cm³/mol. The van der Waals surface area contributed by atoms with Crippen molar-refractivity contribution < 1.29 is 26.5 Å². The van der Waals surface area contributed by atoms with Gasteiger partial charge in [-0.1, -0.05) is 11.6 Å². The highest BCUT2D eigenvalue weighted by molar-refractivity contribution is 7.89. The van der Waals surface area contributed by atoms with Gasteiger partial charge in [-0.3, -0.25) is 10.1 Å². The second-order valence-corrected chi connectivity index (χ2v) is 5.45. The maximum Gasteiger partial charge on any atom is 0.402 e. The fraction of sp³-hybridized carbons (Fsp3) is 0.250. The number of non-ortho nitro benzene ring substituents is 1. The van der Waals surface area contributed by atoms with E-state index in [1.807, 2.05) is 0 Å². The van der Waals surface area contributed by atoms with Gasteiger partial charge in [-0.05, 0) is 6.07 Å². The van der Waals surface area contributed by atoms with E-state index in [-0.39, 0.29) is 0 Å². The maximum absolute atomic E-state index is 11.9. The lowest BCUT2D eigenvalue weighted by atomic mass is 10.3. The standard InChI is InChI=1S/C8H6ClF3N2O4S/c9-6-2-1-5(14(15)16)3-7(6)19(17,18)13-4-8(10,11)12/h1-3,13H,4H2. The lowest BCUT2D eigenvalue weighted by molar-refractivity contribution is -0.385. The van der Waals surface area contributed by atoms with Gasteiger partial charge in [-0.15, -0.1) is 0 Å². The van der Waals surface area contributed by atoms with Crippen LogP contribution in [0, 0.1) is 10.1 Å². The van der Waals surface area contributed by atoms with Gasteiger partial charge < -0.3 is 0 Å². The Bertz CT molecular complexity index is 603. The molecule has 0 aromatic heterocycles. The highest BCUT2D eigenvalue weighted by atomic mass is 35.5. The van der Waals surface area contributed by atoms with E-state index in [9.17, 15) is 31.7 Å². The van der Waals surface area contributed by atoms with Crippen LogP contribution in [0.25, 0.3) is 0 Å². The van der Waals surface area contributed by atoms with Crippen molar-refractivity contribution >= 4 is 27.3 Å². The zero-order valence-electron chi connectivity index (χ0n) is 8.94. The van der Waals surface area contributed by atoms with E-state index in [0.29, 0.717) is 6.07 Å². The van der Waals surface area contributed by atoms with Crippen LogP contribution in [-0.4, -0.2) is 26.1 Å². The molecule has 0 saturated heterocycles. The lowest BCUT2D eigenvalue weighted by Gasteiger charge is -2.10. The van der Waals surface area contributed by atoms with E-state index in [4.69, 9.17) is 11.6 Å². The number of hydrogen-bond donors (Lipinski definition) is 1. The van der Waals surface area contributed by atoms with Gasteiger partial charge in [0.2, 0.25) is 10.0 Å². The Labute approximate surface area is 110 Å². The first-order chi connectivity index (χ1) is 8.53. The first-order valence-corrected chi connectivity index (χ1v) is 6.39. The van der Waals surface area contributed by atoms with E-state index in [2.05, 4.69) is 0 Å². The minimum absolute atomic E-state index is 0.416. The molecule has 0 fully saturated rings. The molecule has 0 radical (unpaired) electrons.